The van der Waals surface area contributed by atoms with Crippen molar-refractivity contribution in [2.75, 3.05) is 59.5 Å². The zero-order chi connectivity index (χ0) is 43.9. The van der Waals surface area contributed by atoms with E-state index in [1.54, 1.807) is 0 Å². The molecule has 0 radical (unpaired) electrons. The number of nitrogens with zero attached hydrogens (tertiary/aromatic N) is 6. The van der Waals surface area contributed by atoms with Crippen molar-refractivity contribution in [2.45, 2.75) is 233 Å². The van der Waals surface area contributed by atoms with Gasteiger partial charge in [0.2, 0.25) is 0 Å². The van der Waals surface area contributed by atoms with Crippen molar-refractivity contribution < 1.29 is 19.1 Å². The Labute approximate surface area is 375 Å². The third-order valence-electron chi connectivity index (χ3n) is 12.4. The number of esters is 2. The van der Waals surface area contributed by atoms with Crippen molar-refractivity contribution in [1.82, 2.24) is 29.7 Å². The molecule has 1 saturated heterocycles. The molecule has 0 spiro atoms. The van der Waals surface area contributed by atoms with Gasteiger partial charge in [0.05, 0.1) is 18.8 Å². The van der Waals surface area contributed by atoms with E-state index in [4.69, 9.17) is 9.47 Å². The van der Waals surface area contributed by atoms with Gasteiger partial charge in [-0.1, -0.05) is 141 Å². The number of carbonyl (C=O) groups excluding carboxylic acids is 2. The van der Waals surface area contributed by atoms with Crippen LogP contribution in [0.1, 0.15) is 219 Å². The first-order chi connectivity index (χ1) is 29.9. The van der Waals surface area contributed by atoms with E-state index < -0.39 is 0 Å². The van der Waals surface area contributed by atoms with Gasteiger partial charge in [0, 0.05) is 58.3 Å². The van der Waals surface area contributed by atoms with Gasteiger partial charge < -0.3 is 19.3 Å². The van der Waals surface area contributed by atoms with Crippen LogP contribution >= 0.6 is 0 Å². The van der Waals surface area contributed by atoms with Crippen molar-refractivity contribution in [3.63, 3.8) is 0 Å². The molecule has 61 heavy (non-hydrogen) atoms. The fourth-order valence-electron chi connectivity index (χ4n) is 8.27. The summed E-state index contributed by atoms with van der Waals surface area (Å²) in [6, 6.07) is 0. The Balaban J connectivity index is 1.71. The van der Waals surface area contributed by atoms with Crippen LogP contribution in [0.2, 0.25) is 0 Å². The summed E-state index contributed by atoms with van der Waals surface area (Å²) < 4.78 is 13.6. The molecule has 10 nitrogen and oxygen atoms in total. The molecule has 10 heteroatoms. The van der Waals surface area contributed by atoms with Crippen LogP contribution in [0.15, 0.2) is 18.3 Å². The fraction of sp³-hybridized carbons (Fsp3) is 0.882. The third-order valence-corrected chi connectivity index (χ3v) is 12.4. The molecule has 0 amide bonds. The van der Waals surface area contributed by atoms with Crippen LogP contribution in [0.3, 0.4) is 0 Å². The highest BCUT2D eigenvalue weighted by Crippen LogP contribution is 2.19. The number of piperazine rings is 1. The summed E-state index contributed by atoms with van der Waals surface area (Å²) in [5.41, 5.74) is 1.05. The van der Waals surface area contributed by atoms with Crippen molar-refractivity contribution in [3.05, 3.63) is 24.0 Å². The summed E-state index contributed by atoms with van der Waals surface area (Å²) in [6.07, 6.45) is 40.5. The quantitative estimate of drug-likeness (QED) is 0.0362. The lowest BCUT2D eigenvalue weighted by molar-refractivity contribution is -0.150. The van der Waals surface area contributed by atoms with E-state index in [1.165, 1.54) is 103 Å². The van der Waals surface area contributed by atoms with Gasteiger partial charge in [0.15, 0.2) is 0 Å². The predicted octanol–water partition coefficient (Wildman–Crippen LogP) is 12.1. The molecule has 1 aromatic heterocycles. The molecule has 1 aliphatic rings. The number of hydrogen-bond acceptors (Lipinski definition) is 9. The Morgan fingerprint density at radius 3 is 1.80 bits per heavy atom. The lowest BCUT2D eigenvalue weighted by Gasteiger charge is -2.31. The highest BCUT2D eigenvalue weighted by molar-refractivity contribution is 5.69. The number of rotatable bonds is 42. The zero-order valence-corrected chi connectivity index (χ0v) is 40.4. The molecule has 0 saturated carbocycles. The topological polar surface area (TPSA) is 93.0 Å². The second-order valence-corrected chi connectivity index (χ2v) is 18.3. The summed E-state index contributed by atoms with van der Waals surface area (Å²) in [5.74, 6) is -0.0427. The molecule has 1 aliphatic heterocycles. The van der Waals surface area contributed by atoms with E-state index in [0.29, 0.717) is 19.4 Å². The van der Waals surface area contributed by atoms with Gasteiger partial charge in [0.1, 0.15) is 6.10 Å². The average molecular weight is 857 g/mol. The van der Waals surface area contributed by atoms with E-state index in [-0.39, 0.29) is 18.0 Å². The first kappa shape index (κ1) is 54.8. The Kier molecular flexibility index (Phi) is 35.3. The Morgan fingerprint density at radius 2 is 1.16 bits per heavy atom. The average Bonchev–Trinajstić information content (AvgIpc) is 3.71. The smallest absolute Gasteiger partial charge is 0.306 e. The monoisotopic (exact) mass is 857 g/mol. The molecular weight excluding hydrogens is 761 g/mol. The molecule has 1 fully saturated rings. The first-order valence-corrected chi connectivity index (χ1v) is 26.0. The maximum Gasteiger partial charge on any atom is 0.306 e. The number of likely N-dealkylation sites (N-methyl/N-ethyl adjacent to an activating group) is 1. The molecule has 2 rings (SSSR count). The molecule has 354 valence electrons. The first-order valence-electron chi connectivity index (χ1n) is 26.0. The maximum atomic E-state index is 12.9. The van der Waals surface area contributed by atoms with Gasteiger partial charge in [-0.05, 0) is 97.2 Å². The summed E-state index contributed by atoms with van der Waals surface area (Å²) in [4.78, 5) is 32.7. The Bertz CT molecular complexity index is 1170. The minimum atomic E-state index is -0.0586. The number of ether oxygens (including phenoxy) is 2. The Morgan fingerprint density at radius 1 is 0.639 bits per heavy atom. The number of allylic oxidation sites excluding steroid dienone is 2. The third kappa shape index (κ3) is 32.1. The van der Waals surface area contributed by atoms with E-state index in [2.05, 4.69) is 71.2 Å². The molecule has 2 heterocycles. The lowest BCUT2D eigenvalue weighted by atomic mass is 10.0. The normalized spacial score (nSPS) is 13.9. The fourth-order valence-corrected chi connectivity index (χ4v) is 8.27. The van der Waals surface area contributed by atoms with Gasteiger partial charge in [-0.2, -0.15) is 0 Å². The van der Waals surface area contributed by atoms with Crippen LogP contribution in [0, 0.1) is 0 Å². The van der Waals surface area contributed by atoms with E-state index in [9.17, 15) is 9.59 Å². The van der Waals surface area contributed by atoms with Gasteiger partial charge in [-0.25, -0.2) is 0 Å². The van der Waals surface area contributed by atoms with Crippen LogP contribution < -0.4 is 0 Å². The molecule has 0 N–H and O–H groups in total. The Hall–Kier alpha value is -2.30. The van der Waals surface area contributed by atoms with Crippen LogP contribution in [-0.4, -0.2) is 107 Å². The van der Waals surface area contributed by atoms with Crippen molar-refractivity contribution in [2.24, 2.45) is 0 Å². The molecular formula is C51H96N6O4. The SMILES string of the molecule is CCCCC/C=C\CCCOC(=O)CCCCCN(CCCCCCCC(=O)OC(CCCCCCCC)CCCCCCCC)CCn1cc(CN2CCN(C)CC2)nn1. The minimum Gasteiger partial charge on any atom is -0.466 e. The minimum absolute atomic E-state index is 0.0159. The van der Waals surface area contributed by atoms with Crippen molar-refractivity contribution >= 4 is 11.9 Å². The van der Waals surface area contributed by atoms with Gasteiger partial charge in [0.25, 0.3) is 0 Å². The second kappa shape index (κ2) is 39.3. The number of hydrogen-bond donors (Lipinski definition) is 0. The zero-order valence-electron chi connectivity index (χ0n) is 40.4. The summed E-state index contributed by atoms with van der Waals surface area (Å²) in [7, 11) is 2.19. The predicted molar refractivity (Wildman–Crippen MR) is 255 cm³/mol. The van der Waals surface area contributed by atoms with Gasteiger partial charge >= 0.3 is 11.9 Å². The van der Waals surface area contributed by atoms with E-state index >= 15 is 0 Å². The van der Waals surface area contributed by atoms with Crippen LogP contribution in [0.25, 0.3) is 0 Å². The number of carbonyl (C=O) groups is 2. The molecule has 0 bridgehead atoms. The van der Waals surface area contributed by atoms with E-state index in [0.717, 1.165) is 142 Å². The summed E-state index contributed by atoms with van der Waals surface area (Å²) in [6.45, 7) is 16.4. The largest absolute Gasteiger partial charge is 0.466 e. The highest BCUT2D eigenvalue weighted by atomic mass is 16.5. The molecule has 0 aliphatic carbocycles. The van der Waals surface area contributed by atoms with Crippen LogP contribution in [0.4, 0.5) is 0 Å². The van der Waals surface area contributed by atoms with Crippen molar-refractivity contribution in [3.8, 4) is 0 Å². The molecule has 0 atom stereocenters. The standard InChI is InChI=1S/C51H96N6O4/c1-5-8-11-14-17-18-24-32-45-60-50(58)35-29-25-31-38-55(43-44-57-47-48(52-53-57)46-56-41-39-54(4)40-42-56)37-30-23-19-22-28-36-51(59)61-49(33-26-20-15-12-9-6-2)34-27-21-16-13-10-7-3/h17-18,47,49H,5-16,19-46H2,1-4H3/b18-17-. The van der Waals surface area contributed by atoms with Gasteiger partial charge in [-0.15, -0.1) is 5.10 Å². The van der Waals surface area contributed by atoms with Crippen LogP contribution in [0.5, 0.6) is 0 Å². The lowest BCUT2D eigenvalue weighted by Crippen LogP contribution is -2.43. The molecule has 0 unspecified atom stereocenters. The highest BCUT2D eigenvalue weighted by Gasteiger charge is 2.17. The van der Waals surface area contributed by atoms with Gasteiger partial charge in [-0.3, -0.25) is 19.2 Å². The molecule has 1 aromatic rings. The number of aromatic nitrogens is 3. The summed E-state index contributed by atoms with van der Waals surface area (Å²) >= 11 is 0. The van der Waals surface area contributed by atoms with Crippen molar-refractivity contribution in [1.29, 1.82) is 0 Å². The number of unbranched alkanes of at least 4 members (excludes halogenated alkanes) is 20. The van der Waals surface area contributed by atoms with E-state index in [1.807, 2.05) is 4.68 Å². The van der Waals surface area contributed by atoms with Crippen LogP contribution in [-0.2, 0) is 32.2 Å². The molecule has 0 aromatic carbocycles. The maximum absolute atomic E-state index is 12.9. The second-order valence-electron chi connectivity index (χ2n) is 18.3. The summed E-state index contributed by atoms with van der Waals surface area (Å²) in [5, 5.41) is 8.98.